The number of pyridine rings is 1. The van der Waals surface area contributed by atoms with Crippen LogP contribution in [0.25, 0.3) is 61.2 Å². The summed E-state index contributed by atoms with van der Waals surface area (Å²) >= 11 is 0. The van der Waals surface area contributed by atoms with Crippen molar-refractivity contribution in [2.45, 2.75) is 26.7 Å². The zero-order valence-corrected chi connectivity index (χ0v) is 24.9. The smallest absolute Gasteiger partial charge is 0.164 e. The van der Waals surface area contributed by atoms with Gasteiger partial charge in [0.1, 0.15) is 0 Å². The lowest BCUT2D eigenvalue weighted by Crippen LogP contribution is -2.38. The molecule has 0 spiro atoms. The van der Waals surface area contributed by atoms with E-state index in [-0.39, 0.29) is 10.8 Å². The lowest BCUT2D eigenvalue weighted by Gasteiger charge is -2.47. The number of hydrogen-bond donors (Lipinski definition) is 0. The molecule has 8 rings (SSSR count). The van der Waals surface area contributed by atoms with Crippen LogP contribution in [0.3, 0.4) is 0 Å². The minimum atomic E-state index is -0.00409. The number of hydrogen-bond acceptors (Lipinski definition) is 4. The second kappa shape index (κ2) is 10.2. The monoisotopic (exact) mass is 568 g/mol. The largest absolute Gasteiger partial charge is 0.256 e. The predicted octanol–water partition coefficient (Wildman–Crippen LogP) is 9.89. The first-order valence-corrected chi connectivity index (χ1v) is 15.2. The third-order valence-corrected chi connectivity index (χ3v) is 9.69. The van der Waals surface area contributed by atoms with Gasteiger partial charge >= 0.3 is 0 Å². The van der Waals surface area contributed by atoms with Gasteiger partial charge in [-0.05, 0) is 57.7 Å². The third kappa shape index (κ3) is 4.46. The molecule has 4 heteroatoms. The van der Waals surface area contributed by atoms with Gasteiger partial charge in [-0.1, -0.05) is 129 Å². The second-order valence-electron chi connectivity index (χ2n) is 12.5. The zero-order chi connectivity index (χ0) is 29.7. The van der Waals surface area contributed by atoms with Gasteiger partial charge in [0.2, 0.25) is 0 Å². The van der Waals surface area contributed by atoms with E-state index < -0.39 is 0 Å². The molecule has 0 radical (unpaired) electrons. The van der Waals surface area contributed by atoms with Crippen molar-refractivity contribution in [3.63, 3.8) is 0 Å². The average molecular weight is 569 g/mol. The predicted molar refractivity (Wildman–Crippen MR) is 181 cm³/mol. The fraction of sp³-hybridized carbons (Fsp3) is 0.150. The van der Waals surface area contributed by atoms with Crippen molar-refractivity contribution in [2.24, 2.45) is 10.8 Å². The molecule has 2 aromatic heterocycles. The van der Waals surface area contributed by atoms with Gasteiger partial charge in [0.05, 0.1) is 5.52 Å². The molecule has 4 aromatic carbocycles. The standard InChI is InChI=1S/C40H32N4/c1-39-21-5-6-22-40(39,2)26-33(20-23-39)38-43-36(42-37(44-38)32-19-14-27-9-3-4-10-31(27)25-32)30-17-15-28(16-18-30)34-13-7-11-29-12-8-24-41-35(29)34/h3-22,24-25H,23,26H2,1-2H3. The van der Waals surface area contributed by atoms with Gasteiger partial charge in [-0.15, -0.1) is 0 Å². The van der Waals surface area contributed by atoms with E-state index in [0.717, 1.165) is 51.8 Å². The van der Waals surface area contributed by atoms with E-state index in [2.05, 4.69) is 140 Å². The average Bonchev–Trinajstić information content (AvgIpc) is 3.07. The Morgan fingerprint density at radius 1 is 0.568 bits per heavy atom. The quantitative estimate of drug-likeness (QED) is 0.212. The summed E-state index contributed by atoms with van der Waals surface area (Å²) in [6.45, 7) is 4.71. The van der Waals surface area contributed by atoms with E-state index in [0.29, 0.717) is 11.6 Å². The molecule has 2 atom stereocenters. The summed E-state index contributed by atoms with van der Waals surface area (Å²) in [5.41, 5.74) is 6.42. The molecule has 0 N–H and O–H groups in total. The highest BCUT2D eigenvalue weighted by molar-refractivity contribution is 5.93. The van der Waals surface area contributed by atoms with Gasteiger partial charge in [0.25, 0.3) is 0 Å². The summed E-state index contributed by atoms with van der Waals surface area (Å²) < 4.78 is 0. The normalized spacial score (nSPS) is 20.9. The molecule has 212 valence electrons. The van der Waals surface area contributed by atoms with Crippen LogP contribution < -0.4 is 0 Å². The van der Waals surface area contributed by atoms with Crippen molar-refractivity contribution in [2.75, 3.05) is 0 Å². The molecule has 2 aliphatic rings. The Balaban J connectivity index is 1.24. The SMILES string of the molecule is CC12C=CC=CC1(C)CC(c1nc(-c3ccc(-c4cccc5cccnc45)cc3)nc(-c3ccc4ccccc4c3)n1)=CC2. The highest BCUT2D eigenvalue weighted by atomic mass is 15.0. The molecule has 2 aliphatic carbocycles. The molecule has 0 saturated heterocycles. The summed E-state index contributed by atoms with van der Waals surface area (Å²) in [5.74, 6) is 2.13. The van der Waals surface area contributed by atoms with E-state index in [1.165, 1.54) is 16.3 Å². The van der Waals surface area contributed by atoms with Crippen molar-refractivity contribution in [3.05, 3.63) is 139 Å². The highest BCUT2D eigenvalue weighted by Crippen LogP contribution is 2.54. The molecule has 2 unspecified atom stereocenters. The van der Waals surface area contributed by atoms with Crippen LogP contribution in [0.4, 0.5) is 0 Å². The first-order valence-electron chi connectivity index (χ1n) is 15.2. The first-order chi connectivity index (χ1) is 21.5. The van der Waals surface area contributed by atoms with Crippen LogP contribution in [0.5, 0.6) is 0 Å². The lowest BCUT2D eigenvalue weighted by molar-refractivity contribution is 0.177. The maximum absolute atomic E-state index is 5.11. The van der Waals surface area contributed by atoms with Crippen molar-refractivity contribution in [1.29, 1.82) is 0 Å². The minimum absolute atomic E-state index is 0.00409. The number of para-hydroxylation sites is 1. The van der Waals surface area contributed by atoms with E-state index in [1.807, 2.05) is 12.3 Å². The zero-order valence-electron chi connectivity index (χ0n) is 24.9. The van der Waals surface area contributed by atoms with Crippen molar-refractivity contribution < 1.29 is 0 Å². The Morgan fingerprint density at radius 2 is 1.23 bits per heavy atom. The third-order valence-electron chi connectivity index (χ3n) is 9.69. The van der Waals surface area contributed by atoms with E-state index in [9.17, 15) is 0 Å². The number of aromatic nitrogens is 4. The molecule has 6 aromatic rings. The van der Waals surface area contributed by atoms with Crippen molar-refractivity contribution in [1.82, 2.24) is 19.9 Å². The molecule has 0 saturated carbocycles. The number of nitrogens with zero attached hydrogens (tertiary/aromatic N) is 4. The van der Waals surface area contributed by atoms with Gasteiger partial charge in [-0.2, -0.15) is 0 Å². The molecule has 44 heavy (non-hydrogen) atoms. The number of fused-ring (bicyclic) bond motifs is 3. The van der Waals surface area contributed by atoms with E-state index >= 15 is 0 Å². The topological polar surface area (TPSA) is 51.6 Å². The van der Waals surface area contributed by atoms with Crippen molar-refractivity contribution >= 4 is 27.2 Å². The van der Waals surface area contributed by atoms with Crippen LogP contribution in [0, 0.1) is 10.8 Å². The van der Waals surface area contributed by atoms with Gasteiger partial charge in [-0.25, -0.2) is 15.0 Å². The second-order valence-corrected chi connectivity index (χ2v) is 12.5. The Hall–Kier alpha value is -5.22. The maximum Gasteiger partial charge on any atom is 0.164 e. The Bertz CT molecular complexity index is 2150. The number of allylic oxidation sites excluding steroid dienone is 6. The van der Waals surface area contributed by atoms with Crippen LogP contribution in [0.2, 0.25) is 0 Å². The maximum atomic E-state index is 5.11. The summed E-state index contributed by atoms with van der Waals surface area (Å²) in [6, 6.07) is 33.7. The first kappa shape index (κ1) is 26.4. The molecule has 2 heterocycles. The van der Waals surface area contributed by atoms with Crippen molar-refractivity contribution in [3.8, 4) is 33.9 Å². The molecule has 0 bridgehead atoms. The van der Waals surface area contributed by atoms with Crippen LogP contribution in [0.15, 0.2) is 134 Å². The Labute approximate surface area is 257 Å². The molecular weight excluding hydrogens is 536 g/mol. The molecule has 0 fully saturated rings. The number of benzene rings is 4. The van der Waals surface area contributed by atoms with Gasteiger partial charge in [0, 0.05) is 28.3 Å². The van der Waals surface area contributed by atoms with E-state index in [4.69, 9.17) is 15.0 Å². The van der Waals surface area contributed by atoms with Crippen LogP contribution in [0.1, 0.15) is 32.5 Å². The fourth-order valence-electron chi connectivity index (χ4n) is 6.69. The fourth-order valence-corrected chi connectivity index (χ4v) is 6.69. The Kier molecular flexibility index (Phi) is 6.12. The highest BCUT2D eigenvalue weighted by Gasteiger charge is 2.44. The van der Waals surface area contributed by atoms with Gasteiger partial charge in [-0.3, -0.25) is 4.98 Å². The minimum Gasteiger partial charge on any atom is -0.256 e. The van der Waals surface area contributed by atoms with E-state index in [1.54, 1.807) is 0 Å². The molecule has 0 amide bonds. The Morgan fingerprint density at radius 3 is 2.07 bits per heavy atom. The summed E-state index contributed by atoms with van der Waals surface area (Å²) in [7, 11) is 0. The molecule has 4 nitrogen and oxygen atoms in total. The summed E-state index contributed by atoms with van der Waals surface area (Å²) in [4.78, 5) is 19.9. The van der Waals surface area contributed by atoms with Crippen LogP contribution in [-0.4, -0.2) is 19.9 Å². The molecular formula is C40H32N4. The molecule has 0 aliphatic heterocycles. The van der Waals surface area contributed by atoms with Gasteiger partial charge < -0.3 is 0 Å². The lowest BCUT2D eigenvalue weighted by atomic mass is 9.56. The van der Waals surface area contributed by atoms with Gasteiger partial charge in [0.15, 0.2) is 17.5 Å². The van der Waals surface area contributed by atoms with Crippen LogP contribution in [-0.2, 0) is 0 Å². The number of rotatable bonds is 4. The summed E-state index contributed by atoms with van der Waals surface area (Å²) in [5, 5.41) is 3.49. The van der Waals surface area contributed by atoms with Crippen LogP contribution >= 0.6 is 0 Å². The summed E-state index contributed by atoms with van der Waals surface area (Å²) in [6.07, 6.45) is 15.1.